The lowest BCUT2D eigenvalue weighted by atomic mass is 10.0. The van der Waals surface area contributed by atoms with Crippen LogP contribution in [-0.2, 0) is 0 Å². The minimum absolute atomic E-state index is 0.0532. The van der Waals surface area contributed by atoms with E-state index in [1.807, 2.05) is 33.8 Å². The molecule has 0 spiro atoms. The fourth-order valence-corrected chi connectivity index (χ4v) is 1.49. The van der Waals surface area contributed by atoms with Crippen molar-refractivity contribution in [3.63, 3.8) is 0 Å². The summed E-state index contributed by atoms with van der Waals surface area (Å²) in [5.74, 6) is 0.577. The van der Waals surface area contributed by atoms with Crippen molar-refractivity contribution in [1.29, 1.82) is 0 Å². The van der Waals surface area contributed by atoms with Crippen LogP contribution in [0.1, 0.15) is 49.5 Å². The lowest BCUT2D eigenvalue weighted by Crippen LogP contribution is -2.27. The molecule has 0 fully saturated rings. The van der Waals surface area contributed by atoms with Gasteiger partial charge in [0, 0.05) is 6.54 Å². The van der Waals surface area contributed by atoms with E-state index < -0.39 is 0 Å². The first-order valence-corrected chi connectivity index (χ1v) is 6.03. The van der Waals surface area contributed by atoms with Crippen LogP contribution in [0, 0.1) is 5.92 Å². The molecule has 94 valence electrons. The fraction of sp³-hybridized carbons (Fsp3) is 0.500. The lowest BCUT2D eigenvalue weighted by molar-refractivity contribution is 0.0946. The number of rotatable bonds is 4. The van der Waals surface area contributed by atoms with Crippen LogP contribution in [0.4, 0.5) is 0 Å². The monoisotopic (exact) mass is 235 g/mol. The summed E-state index contributed by atoms with van der Waals surface area (Å²) in [6.07, 6.45) is 0. The molecule has 2 N–H and O–H groups in total. The molecule has 1 aromatic carbocycles. The van der Waals surface area contributed by atoms with Crippen molar-refractivity contribution in [2.75, 3.05) is 6.54 Å². The number of phenols is 1. The molecule has 1 rings (SSSR count). The van der Waals surface area contributed by atoms with Crippen molar-refractivity contribution in [2.45, 2.75) is 33.6 Å². The van der Waals surface area contributed by atoms with Gasteiger partial charge in [0.25, 0.3) is 5.91 Å². The van der Waals surface area contributed by atoms with Gasteiger partial charge in [0.05, 0.1) is 5.56 Å². The summed E-state index contributed by atoms with van der Waals surface area (Å²) in [5, 5.41) is 12.6. The SMILES string of the molecule is CC(C)CNC(=O)c1ccc(C(C)C)cc1O. The maximum Gasteiger partial charge on any atom is 0.255 e. The van der Waals surface area contributed by atoms with Crippen molar-refractivity contribution >= 4 is 5.91 Å². The topological polar surface area (TPSA) is 49.3 Å². The molecule has 1 amide bonds. The minimum atomic E-state index is -0.216. The Morgan fingerprint density at radius 1 is 1.29 bits per heavy atom. The van der Waals surface area contributed by atoms with E-state index in [2.05, 4.69) is 5.32 Å². The molecule has 0 radical (unpaired) electrons. The molecule has 0 aromatic heterocycles. The van der Waals surface area contributed by atoms with Gasteiger partial charge in [-0.25, -0.2) is 0 Å². The molecule has 0 unspecified atom stereocenters. The third-order valence-electron chi connectivity index (χ3n) is 2.60. The second-order valence-corrected chi connectivity index (χ2v) is 5.04. The molecule has 0 bridgehead atoms. The van der Waals surface area contributed by atoms with Crippen LogP contribution in [0.15, 0.2) is 18.2 Å². The Kier molecular flexibility index (Phi) is 4.55. The van der Waals surface area contributed by atoms with Crippen LogP contribution >= 0.6 is 0 Å². The summed E-state index contributed by atoms with van der Waals surface area (Å²) in [6.45, 7) is 8.77. The summed E-state index contributed by atoms with van der Waals surface area (Å²) in [4.78, 5) is 11.8. The first-order valence-electron chi connectivity index (χ1n) is 6.03. The van der Waals surface area contributed by atoms with Gasteiger partial charge in [-0.3, -0.25) is 4.79 Å². The van der Waals surface area contributed by atoms with E-state index in [1.54, 1.807) is 12.1 Å². The summed E-state index contributed by atoms with van der Waals surface area (Å²) >= 11 is 0. The average molecular weight is 235 g/mol. The van der Waals surface area contributed by atoms with E-state index in [1.165, 1.54) is 0 Å². The molecular weight excluding hydrogens is 214 g/mol. The van der Waals surface area contributed by atoms with Crippen LogP contribution in [0.2, 0.25) is 0 Å². The van der Waals surface area contributed by atoms with Crippen LogP contribution < -0.4 is 5.32 Å². The molecule has 0 aliphatic heterocycles. The highest BCUT2D eigenvalue weighted by atomic mass is 16.3. The highest BCUT2D eigenvalue weighted by Crippen LogP contribution is 2.23. The van der Waals surface area contributed by atoms with E-state index >= 15 is 0 Å². The van der Waals surface area contributed by atoms with E-state index in [9.17, 15) is 9.90 Å². The Morgan fingerprint density at radius 2 is 1.94 bits per heavy atom. The first-order chi connectivity index (χ1) is 7.91. The van der Waals surface area contributed by atoms with Gasteiger partial charge in [0.15, 0.2) is 0 Å². The van der Waals surface area contributed by atoms with E-state index in [0.29, 0.717) is 23.9 Å². The number of aromatic hydroxyl groups is 1. The van der Waals surface area contributed by atoms with Gasteiger partial charge in [-0.15, -0.1) is 0 Å². The zero-order chi connectivity index (χ0) is 13.0. The third-order valence-corrected chi connectivity index (χ3v) is 2.60. The van der Waals surface area contributed by atoms with E-state index in [-0.39, 0.29) is 11.7 Å². The summed E-state index contributed by atoms with van der Waals surface area (Å²) in [6, 6.07) is 5.23. The van der Waals surface area contributed by atoms with Crippen LogP contribution in [0.3, 0.4) is 0 Å². The van der Waals surface area contributed by atoms with Crippen LogP contribution in [-0.4, -0.2) is 17.6 Å². The molecule has 3 heteroatoms. The maximum atomic E-state index is 11.8. The fourth-order valence-electron chi connectivity index (χ4n) is 1.49. The highest BCUT2D eigenvalue weighted by Gasteiger charge is 2.12. The normalized spacial score (nSPS) is 10.9. The van der Waals surface area contributed by atoms with Gasteiger partial charge in [-0.2, -0.15) is 0 Å². The standard InChI is InChI=1S/C14H21NO2/c1-9(2)8-15-14(17)12-6-5-11(10(3)4)7-13(12)16/h5-7,9-10,16H,8H2,1-4H3,(H,15,17). The van der Waals surface area contributed by atoms with Crippen molar-refractivity contribution in [3.8, 4) is 5.75 Å². The van der Waals surface area contributed by atoms with Crippen LogP contribution in [0.5, 0.6) is 5.75 Å². The number of benzene rings is 1. The van der Waals surface area contributed by atoms with Gasteiger partial charge in [0.1, 0.15) is 5.75 Å². The molecule has 1 aromatic rings. The average Bonchev–Trinajstić information content (AvgIpc) is 2.25. The number of hydrogen-bond donors (Lipinski definition) is 2. The second kappa shape index (κ2) is 5.71. The van der Waals surface area contributed by atoms with Gasteiger partial charge in [-0.1, -0.05) is 33.8 Å². The van der Waals surface area contributed by atoms with Gasteiger partial charge in [-0.05, 0) is 29.5 Å². The predicted octanol–water partition coefficient (Wildman–Crippen LogP) is 2.90. The van der Waals surface area contributed by atoms with E-state index in [0.717, 1.165) is 5.56 Å². The number of hydrogen-bond acceptors (Lipinski definition) is 2. The zero-order valence-electron chi connectivity index (χ0n) is 10.9. The Balaban J connectivity index is 2.81. The Labute approximate surface area is 103 Å². The molecule has 3 nitrogen and oxygen atoms in total. The van der Waals surface area contributed by atoms with Gasteiger partial charge < -0.3 is 10.4 Å². The summed E-state index contributed by atoms with van der Waals surface area (Å²) in [5.41, 5.74) is 1.37. The molecule has 17 heavy (non-hydrogen) atoms. The molecule has 0 heterocycles. The lowest BCUT2D eigenvalue weighted by Gasteiger charge is -2.11. The molecule has 0 aliphatic carbocycles. The van der Waals surface area contributed by atoms with Crippen molar-refractivity contribution in [2.24, 2.45) is 5.92 Å². The quantitative estimate of drug-likeness (QED) is 0.843. The molecule has 0 aliphatic rings. The number of carbonyl (C=O) groups excluding carboxylic acids is 1. The Hall–Kier alpha value is -1.51. The van der Waals surface area contributed by atoms with Crippen LogP contribution in [0.25, 0.3) is 0 Å². The predicted molar refractivity (Wildman–Crippen MR) is 69.4 cm³/mol. The van der Waals surface area contributed by atoms with Crippen molar-refractivity contribution in [1.82, 2.24) is 5.32 Å². The smallest absolute Gasteiger partial charge is 0.255 e. The zero-order valence-corrected chi connectivity index (χ0v) is 10.9. The minimum Gasteiger partial charge on any atom is -0.507 e. The summed E-state index contributed by atoms with van der Waals surface area (Å²) in [7, 11) is 0. The largest absolute Gasteiger partial charge is 0.507 e. The Morgan fingerprint density at radius 3 is 2.41 bits per heavy atom. The number of amides is 1. The maximum absolute atomic E-state index is 11.8. The molecular formula is C14H21NO2. The summed E-state index contributed by atoms with van der Waals surface area (Å²) < 4.78 is 0. The second-order valence-electron chi connectivity index (χ2n) is 5.04. The third kappa shape index (κ3) is 3.77. The molecule has 0 atom stereocenters. The first kappa shape index (κ1) is 13.6. The molecule has 0 saturated carbocycles. The number of nitrogens with one attached hydrogen (secondary N) is 1. The highest BCUT2D eigenvalue weighted by molar-refractivity contribution is 5.96. The number of phenolic OH excluding ortho intramolecular Hbond substituents is 1. The van der Waals surface area contributed by atoms with Crippen molar-refractivity contribution < 1.29 is 9.90 Å². The van der Waals surface area contributed by atoms with E-state index in [4.69, 9.17) is 0 Å². The van der Waals surface area contributed by atoms with Crippen molar-refractivity contribution in [3.05, 3.63) is 29.3 Å². The molecule has 0 saturated heterocycles. The number of carbonyl (C=O) groups is 1. The van der Waals surface area contributed by atoms with Gasteiger partial charge in [0.2, 0.25) is 0 Å². The van der Waals surface area contributed by atoms with Gasteiger partial charge >= 0.3 is 0 Å². The Bertz CT molecular complexity index is 397.